The zero-order chi connectivity index (χ0) is 15.7. The van der Waals surface area contributed by atoms with Crippen LogP contribution in [0.15, 0.2) is 24.3 Å². The van der Waals surface area contributed by atoms with Gasteiger partial charge in [-0.3, -0.25) is 0 Å². The maximum atomic E-state index is 5.52. The van der Waals surface area contributed by atoms with Crippen LogP contribution in [-0.4, -0.2) is 37.7 Å². The smallest absolute Gasteiger partial charge is 0.119 e. The quantitative estimate of drug-likeness (QED) is 0.709. The third-order valence-corrected chi connectivity index (χ3v) is 4.08. The van der Waals surface area contributed by atoms with E-state index >= 15 is 0 Å². The molecule has 21 heavy (non-hydrogen) atoms. The van der Waals surface area contributed by atoms with E-state index in [1.165, 1.54) is 18.4 Å². The SMILES string of the molecule is CCNC(CN(C)C(CC)CC)c1ccc(OCC)cc1. The first-order valence-corrected chi connectivity index (χ1v) is 8.32. The van der Waals surface area contributed by atoms with Gasteiger partial charge in [0.15, 0.2) is 0 Å². The van der Waals surface area contributed by atoms with Gasteiger partial charge in [-0.2, -0.15) is 0 Å². The van der Waals surface area contributed by atoms with E-state index in [-0.39, 0.29) is 0 Å². The highest BCUT2D eigenvalue weighted by atomic mass is 16.5. The number of hydrogen-bond donors (Lipinski definition) is 1. The normalized spacial score (nSPS) is 12.9. The Morgan fingerprint density at radius 2 is 1.67 bits per heavy atom. The molecule has 0 aliphatic rings. The van der Waals surface area contributed by atoms with Gasteiger partial charge in [-0.25, -0.2) is 0 Å². The number of nitrogens with zero attached hydrogens (tertiary/aromatic N) is 1. The molecule has 0 radical (unpaired) electrons. The van der Waals surface area contributed by atoms with Crippen molar-refractivity contribution < 1.29 is 4.74 Å². The molecule has 0 saturated heterocycles. The summed E-state index contributed by atoms with van der Waals surface area (Å²) in [4.78, 5) is 2.48. The molecular weight excluding hydrogens is 260 g/mol. The fourth-order valence-corrected chi connectivity index (χ4v) is 2.85. The van der Waals surface area contributed by atoms with Crippen LogP contribution < -0.4 is 10.1 Å². The fourth-order valence-electron chi connectivity index (χ4n) is 2.85. The van der Waals surface area contributed by atoms with Gasteiger partial charge in [0.05, 0.1) is 6.61 Å². The molecule has 0 spiro atoms. The van der Waals surface area contributed by atoms with Crippen LogP contribution in [0.4, 0.5) is 0 Å². The van der Waals surface area contributed by atoms with Crippen molar-refractivity contribution in [3.8, 4) is 5.75 Å². The van der Waals surface area contributed by atoms with E-state index in [2.05, 4.69) is 62.3 Å². The summed E-state index contributed by atoms with van der Waals surface area (Å²) < 4.78 is 5.52. The van der Waals surface area contributed by atoms with Gasteiger partial charge in [0.1, 0.15) is 5.75 Å². The van der Waals surface area contributed by atoms with Gasteiger partial charge in [-0.05, 0) is 51.1 Å². The molecule has 1 atom stereocenters. The van der Waals surface area contributed by atoms with Gasteiger partial charge in [-0.15, -0.1) is 0 Å². The summed E-state index contributed by atoms with van der Waals surface area (Å²) >= 11 is 0. The predicted molar refractivity (Wildman–Crippen MR) is 91.0 cm³/mol. The Morgan fingerprint density at radius 1 is 1.05 bits per heavy atom. The van der Waals surface area contributed by atoms with E-state index in [4.69, 9.17) is 4.74 Å². The lowest BCUT2D eigenvalue weighted by Crippen LogP contribution is -2.38. The Hall–Kier alpha value is -1.06. The van der Waals surface area contributed by atoms with Gasteiger partial charge >= 0.3 is 0 Å². The maximum Gasteiger partial charge on any atom is 0.119 e. The second kappa shape index (κ2) is 9.80. The van der Waals surface area contributed by atoms with Gasteiger partial charge in [0.25, 0.3) is 0 Å². The Morgan fingerprint density at radius 3 is 2.14 bits per heavy atom. The number of ether oxygens (including phenoxy) is 1. The van der Waals surface area contributed by atoms with Crippen molar-refractivity contribution in [2.24, 2.45) is 0 Å². The van der Waals surface area contributed by atoms with Gasteiger partial charge in [0.2, 0.25) is 0 Å². The molecule has 1 aromatic carbocycles. The second-order valence-electron chi connectivity index (χ2n) is 5.52. The first kappa shape index (κ1) is 18.0. The third-order valence-electron chi connectivity index (χ3n) is 4.08. The molecule has 3 heteroatoms. The molecule has 0 aromatic heterocycles. The van der Waals surface area contributed by atoms with Crippen molar-refractivity contribution in [1.29, 1.82) is 0 Å². The Balaban J connectivity index is 2.75. The molecule has 120 valence electrons. The number of likely N-dealkylation sites (N-methyl/N-ethyl adjacent to an activating group) is 2. The molecule has 0 saturated carbocycles. The topological polar surface area (TPSA) is 24.5 Å². The summed E-state index contributed by atoms with van der Waals surface area (Å²) in [6.07, 6.45) is 2.41. The van der Waals surface area contributed by atoms with Crippen LogP contribution in [0.5, 0.6) is 5.75 Å². The van der Waals surface area contributed by atoms with Crippen LogP contribution in [-0.2, 0) is 0 Å². The van der Waals surface area contributed by atoms with Gasteiger partial charge in [-0.1, -0.05) is 32.9 Å². The summed E-state index contributed by atoms with van der Waals surface area (Å²) in [7, 11) is 2.23. The summed E-state index contributed by atoms with van der Waals surface area (Å²) in [6, 6.07) is 9.53. The van der Waals surface area contributed by atoms with Crippen LogP contribution in [0, 0.1) is 0 Å². The number of nitrogens with one attached hydrogen (secondary N) is 1. The first-order valence-electron chi connectivity index (χ1n) is 8.32. The lowest BCUT2D eigenvalue weighted by atomic mass is 10.0. The van der Waals surface area contributed by atoms with E-state index in [0.29, 0.717) is 18.7 Å². The van der Waals surface area contributed by atoms with Crippen LogP contribution >= 0.6 is 0 Å². The average molecular weight is 292 g/mol. The number of hydrogen-bond acceptors (Lipinski definition) is 3. The monoisotopic (exact) mass is 292 g/mol. The summed E-state index contributed by atoms with van der Waals surface area (Å²) in [5.74, 6) is 0.949. The summed E-state index contributed by atoms with van der Waals surface area (Å²) in [5, 5.41) is 3.60. The van der Waals surface area contributed by atoms with Crippen molar-refractivity contribution in [3.63, 3.8) is 0 Å². The molecule has 0 fully saturated rings. The molecule has 3 nitrogen and oxygen atoms in total. The van der Waals surface area contributed by atoms with Crippen LogP contribution in [0.25, 0.3) is 0 Å². The van der Waals surface area contributed by atoms with Gasteiger partial charge < -0.3 is 15.0 Å². The predicted octanol–water partition coefficient (Wildman–Crippen LogP) is 3.86. The zero-order valence-corrected chi connectivity index (χ0v) is 14.4. The lowest BCUT2D eigenvalue weighted by molar-refractivity contribution is 0.206. The Labute approximate surface area is 130 Å². The van der Waals surface area contributed by atoms with Crippen molar-refractivity contribution >= 4 is 0 Å². The van der Waals surface area contributed by atoms with Crippen LogP contribution in [0.2, 0.25) is 0 Å². The van der Waals surface area contributed by atoms with Crippen molar-refractivity contribution in [2.45, 2.75) is 52.6 Å². The van der Waals surface area contributed by atoms with Crippen molar-refractivity contribution in [1.82, 2.24) is 10.2 Å². The highest BCUT2D eigenvalue weighted by Crippen LogP contribution is 2.20. The van der Waals surface area contributed by atoms with E-state index in [1.807, 2.05) is 6.92 Å². The molecule has 1 unspecified atom stereocenters. The molecule has 0 aliphatic carbocycles. The van der Waals surface area contributed by atoms with E-state index in [9.17, 15) is 0 Å². The summed E-state index contributed by atoms with van der Waals surface area (Å²) in [5.41, 5.74) is 1.33. The molecular formula is C18H32N2O. The molecule has 1 aromatic rings. The lowest BCUT2D eigenvalue weighted by Gasteiger charge is -2.31. The van der Waals surface area contributed by atoms with Crippen molar-refractivity contribution in [3.05, 3.63) is 29.8 Å². The number of rotatable bonds is 10. The summed E-state index contributed by atoms with van der Waals surface area (Å²) in [6.45, 7) is 11.4. The molecule has 1 rings (SSSR count). The largest absolute Gasteiger partial charge is 0.494 e. The second-order valence-corrected chi connectivity index (χ2v) is 5.52. The highest BCUT2D eigenvalue weighted by molar-refractivity contribution is 5.29. The van der Waals surface area contributed by atoms with Crippen LogP contribution in [0.1, 0.15) is 52.1 Å². The third kappa shape index (κ3) is 5.68. The first-order chi connectivity index (χ1) is 10.2. The highest BCUT2D eigenvalue weighted by Gasteiger charge is 2.17. The van der Waals surface area contributed by atoms with Crippen LogP contribution in [0.3, 0.4) is 0 Å². The van der Waals surface area contributed by atoms with Crippen molar-refractivity contribution in [2.75, 3.05) is 26.7 Å². The minimum absolute atomic E-state index is 0.372. The number of benzene rings is 1. The van der Waals surface area contributed by atoms with E-state index in [0.717, 1.165) is 18.8 Å². The molecule has 0 aliphatic heterocycles. The molecule has 0 amide bonds. The molecule has 0 bridgehead atoms. The van der Waals surface area contributed by atoms with E-state index in [1.54, 1.807) is 0 Å². The zero-order valence-electron chi connectivity index (χ0n) is 14.4. The Bertz CT molecular complexity index is 373. The Kier molecular flexibility index (Phi) is 8.40. The van der Waals surface area contributed by atoms with Gasteiger partial charge in [0, 0.05) is 18.6 Å². The molecule has 0 heterocycles. The average Bonchev–Trinajstić information content (AvgIpc) is 2.49. The van der Waals surface area contributed by atoms with E-state index < -0.39 is 0 Å². The minimum Gasteiger partial charge on any atom is -0.494 e. The maximum absolute atomic E-state index is 5.52. The molecule has 1 N–H and O–H groups in total. The standard InChI is InChI=1S/C18H32N2O/c1-6-16(7-2)20(5)14-18(19-8-3)15-10-12-17(13-11-15)21-9-4/h10-13,16,18-19H,6-9,14H2,1-5H3. The minimum atomic E-state index is 0.372. The fraction of sp³-hybridized carbons (Fsp3) is 0.667.